The molecule has 0 bridgehead atoms. The van der Waals surface area contributed by atoms with E-state index in [0.29, 0.717) is 12.3 Å². The van der Waals surface area contributed by atoms with Gasteiger partial charge in [-0.05, 0) is 53.8 Å². The van der Waals surface area contributed by atoms with E-state index in [2.05, 4.69) is 29.4 Å². The zero-order chi connectivity index (χ0) is 19.3. The molecule has 0 saturated heterocycles. The minimum Gasteiger partial charge on any atom is -0.436 e. The number of thioether (sulfide) groups is 1. The Bertz CT molecular complexity index is 1070. The van der Waals surface area contributed by atoms with Crippen molar-refractivity contribution in [3.8, 4) is 11.5 Å². The van der Waals surface area contributed by atoms with Gasteiger partial charge in [-0.1, -0.05) is 37.3 Å². The van der Waals surface area contributed by atoms with Gasteiger partial charge in [0.1, 0.15) is 5.52 Å². The van der Waals surface area contributed by atoms with Gasteiger partial charge in [-0.2, -0.15) is 0 Å². The summed E-state index contributed by atoms with van der Waals surface area (Å²) in [5.41, 5.74) is 4.11. The van der Waals surface area contributed by atoms with Crippen molar-refractivity contribution in [1.29, 1.82) is 0 Å². The van der Waals surface area contributed by atoms with Crippen LogP contribution in [-0.2, 0) is 11.2 Å². The zero-order valence-corrected chi connectivity index (χ0v) is 16.3. The van der Waals surface area contributed by atoms with E-state index in [4.69, 9.17) is 4.42 Å². The molecule has 1 N–H and O–H groups in total. The minimum atomic E-state index is -0.0504. The van der Waals surface area contributed by atoms with E-state index in [-0.39, 0.29) is 5.91 Å². The number of anilines is 1. The van der Waals surface area contributed by atoms with Gasteiger partial charge in [0.2, 0.25) is 11.8 Å². The maximum atomic E-state index is 12.4. The monoisotopic (exact) mass is 388 g/mol. The van der Waals surface area contributed by atoms with Gasteiger partial charge in [-0.15, -0.1) is 11.8 Å². The SMILES string of the molecule is CCSc1ccc(CC(=O)Nc2cccc(-c3nc4ccccc4o3)c2)cc1. The van der Waals surface area contributed by atoms with Crippen LogP contribution in [0.2, 0.25) is 0 Å². The van der Waals surface area contributed by atoms with Crippen LogP contribution in [0.1, 0.15) is 12.5 Å². The summed E-state index contributed by atoms with van der Waals surface area (Å²) in [5, 5.41) is 2.96. The van der Waals surface area contributed by atoms with Crippen molar-refractivity contribution in [2.75, 3.05) is 11.1 Å². The lowest BCUT2D eigenvalue weighted by atomic mass is 10.1. The van der Waals surface area contributed by atoms with E-state index in [1.54, 1.807) is 11.8 Å². The third kappa shape index (κ3) is 4.26. The summed E-state index contributed by atoms with van der Waals surface area (Å²) in [6.45, 7) is 2.13. The summed E-state index contributed by atoms with van der Waals surface area (Å²) in [7, 11) is 0. The predicted octanol–water partition coefficient (Wildman–Crippen LogP) is 5.79. The number of oxazole rings is 1. The summed E-state index contributed by atoms with van der Waals surface area (Å²) < 4.78 is 5.81. The highest BCUT2D eigenvalue weighted by Crippen LogP contribution is 2.26. The van der Waals surface area contributed by atoms with Gasteiger partial charge in [0.15, 0.2) is 5.58 Å². The number of benzene rings is 3. The number of rotatable bonds is 6. The molecule has 4 rings (SSSR count). The molecule has 0 unspecified atom stereocenters. The Morgan fingerprint density at radius 1 is 1.04 bits per heavy atom. The Kier molecular flexibility index (Phi) is 5.44. The Morgan fingerprint density at radius 2 is 1.86 bits per heavy atom. The molecule has 1 heterocycles. The smallest absolute Gasteiger partial charge is 0.228 e. The number of amides is 1. The van der Waals surface area contributed by atoms with Crippen molar-refractivity contribution < 1.29 is 9.21 Å². The molecule has 28 heavy (non-hydrogen) atoms. The minimum absolute atomic E-state index is 0.0504. The topological polar surface area (TPSA) is 55.1 Å². The molecular formula is C23H20N2O2S. The Hall–Kier alpha value is -3.05. The molecule has 4 aromatic rings. The maximum Gasteiger partial charge on any atom is 0.228 e. The van der Waals surface area contributed by atoms with Crippen LogP contribution >= 0.6 is 11.8 Å². The highest BCUT2D eigenvalue weighted by molar-refractivity contribution is 7.99. The van der Waals surface area contributed by atoms with Crippen LogP contribution in [-0.4, -0.2) is 16.6 Å². The molecule has 4 nitrogen and oxygen atoms in total. The van der Waals surface area contributed by atoms with E-state index in [0.717, 1.165) is 33.7 Å². The number of hydrogen-bond acceptors (Lipinski definition) is 4. The lowest BCUT2D eigenvalue weighted by molar-refractivity contribution is -0.115. The first-order valence-corrected chi connectivity index (χ1v) is 10.2. The van der Waals surface area contributed by atoms with E-state index in [9.17, 15) is 4.79 Å². The fourth-order valence-corrected chi connectivity index (χ4v) is 3.65. The van der Waals surface area contributed by atoms with Crippen LogP contribution < -0.4 is 5.32 Å². The van der Waals surface area contributed by atoms with Gasteiger partial charge in [-0.25, -0.2) is 4.98 Å². The molecule has 5 heteroatoms. The highest BCUT2D eigenvalue weighted by atomic mass is 32.2. The van der Waals surface area contributed by atoms with E-state index in [1.165, 1.54) is 4.90 Å². The molecule has 140 valence electrons. The number of para-hydroxylation sites is 2. The fraction of sp³-hybridized carbons (Fsp3) is 0.130. The van der Waals surface area contributed by atoms with E-state index in [1.807, 2.05) is 60.7 Å². The van der Waals surface area contributed by atoms with Crippen LogP contribution in [0, 0.1) is 0 Å². The van der Waals surface area contributed by atoms with Crippen LogP contribution in [0.4, 0.5) is 5.69 Å². The molecule has 0 aliphatic heterocycles. The number of carbonyl (C=O) groups excluding carboxylic acids is 1. The third-order valence-electron chi connectivity index (χ3n) is 4.29. The van der Waals surface area contributed by atoms with Crippen LogP contribution in [0.25, 0.3) is 22.6 Å². The largest absolute Gasteiger partial charge is 0.436 e. The van der Waals surface area contributed by atoms with Gasteiger partial charge < -0.3 is 9.73 Å². The van der Waals surface area contributed by atoms with Crippen LogP contribution in [0.5, 0.6) is 0 Å². The summed E-state index contributed by atoms with van der Waals surface area (Å²) in [5.74, 6) is 1.53. The zero-order valence-electron chi connectivity index (χ0n) is 15.5. The van der Waals surface area contributed by atoms with Gasteiger partial charge in [0.25, 0.3) is 0 Å². The van der Waals surface area contributed by atoms with Crippen LogP contribution in [0.3, 0.4) is 0 Å². The number of carbonyl (C=O) groups is 1. The lowest BCUT2D eigenvalue weighted by Gasteiger charge is -2.07. The molecule has 0 fully saturated rings. The first-order chi connectivity index (χ1) is 13.7. The van der Waals surface area contributed by atoms with Gasteiger partial charge >= 0.3 is 0 Å². The average Bonchev–Trinajstić information content (AvgIpc) is 3.14. The number of nitrogens with zero attached hydrogens (tertiary/aromatic N) is 1. The quantitative estimate of drug-likeness (QED) is 0.425. The van der Waals surface area contributed by atoms with E-state index < -0.39 is 0 Å². The molecular weight excluding hydrogens is 368 g/mol. The van der Waals surface area contributed by atoms with E-state index >= 15 is 0 Å². The maximum absolute atomic E-state index is 12.4. The van der Waals surface area contributed by atoms with Crippen LogP contribution in [0.15, 0.2) is 82.1 Å². The van der Waals surface area contributed by atoms with Crippen molar-refractivity contribution in [2.45, 2.75) is 18.2 Å². The molecule has 1 amide bonds. The third-order valence-corrected chi connectivity index (χ3v) is 5.18. The summed E-state index contributed by atoms with van der Waals surface area (Å²) in [6.07, 6.45) is 0.337. The molecule has 0 aliphatic carbocycles. The Balaban J connectivity index is 1.46. The fourth-order valence-electron chi connectivity index (χ4n) is 2.99. The normalized spacial score (nSPS) is 10.9. The molecule has 0 atom stereocenters. The number of aromatic nitrogens is 1. The molecule has 1 aromatic heterocycles. The molecule has 0 radical (unpaired) electrons. The van der Waals surface area contributed by atoms with Crippen molar-refractivity contribution in [1.82, 2.24) is 4.98 Å². The second-order valence-corrected chi connectivity index (χ2v) is 7.71. The Labute approximate surface area is 168 Å². The molecule has 0 saturated carbocycles. The summed E-state index contributed by atoms with van der Waals surface area (Å²) in [6, 6.07) is 23.3. The molecule has 0 aliphatic rings. The standard InChI is InChI=1S/C23H20N2O2S/c1-2-28-19-12-10-16(11-13-19)14-22(26)24-18-7-5-6-17(15-18)23-25-20-8-3-4-9-21(20)27-23/h3-13,15H,2,14H2,1H3,(H,24,26). The number of nitrogens with one attached hydrogen (secondary N) is 1. The molecule has 3 aromatic carbocycles. The van der Waals surface area contributed by atoms with Crippen molar-refractivity contribution >= 4 is 34.5 Å². The predicted molar refractivity (Wildman–Crippen MR) is 115 cm³/mol. The number of hydrogen-bond donors (Lipinski definition) is 1. The van der Waals surface area contributed by atoms with Crippen molar-refractivity contribution in [2.24, 2.45) is 0 Å². The first-order valence-electron chi connectivity index (χ1n) is 9.19. The number of fused-ring (bicyclic) bond motifs is 1. The Morgan fingerprint density at radius 3 is 2.64 bits per heavy atom. The van der Waals surface area contributed by atoms with Gasteiger partial charge in [-0.3, -0.25) is 4.79 Å². The highest BCUT2D eigenvalue weighted by Gasteiger charge is 2.10. The van der Waals surface area contributed by atoms with Crippen molar-refractivity contribution in [3.63, 3.8) is 0 Å². The second-order valence-electron chi connectivity index (χ2n) is 6.37. The second kappa shape index (κ2) is 8.31. The van der Waals surface area contributed by atoms with Gasteiger partial charge in [0, 0.05) is 16.1 Å². The first kappa shape index (κ1) is 18.3. The van der Waals surface area contributed by atoms with Crippen molar-refractivity contribution in [3.05, 3.63) is 78.4 Å². The summed E-state index contributed by atoms with van der Waals surface area (Å²) in [4.78, 5) is 18.2. The average molecular weight is 388 g/mol. The lowest BCUT2D eigenvalue weighted by Crippen LogP contribution is -2.14. The van der Waals surface area contributed by atoms with Gasteiger partial charge in [0.05, 0.1) is 6.42 Å². The molecule has 0 spiro atoms. The summed E-state index contributed by atoms with van der Waals surface area (Å²) >= 11 is 1.79.